The zero-order valence-electron chi connectivity index (χ0n) is 16.6. The van der Waals surface area contributed by atoms with Crippen LogP contribution in [0.25, 0.3) is 11.1 Å². The van der Waals surface area contributed by atoms with E-state index in [0.29, 0.717) is 23.5 Å². The summed E-state index contributed by atoms with van der Waals surface area (Å²) in [4.78, 5) is 28.3. The number of benzene rings is 2. The van der Waals surface area contributed by atoms with Crippen molar-refractivity contribution in [3.8, 4) is 16.9 Å². The Morgan fingerprint density at radius 1 is 1.10 bits per heavy atom. The van der Waals surface area contributed by atoms with Crippen molar-refractivity contribution in [2.45, 2.75) is 13.5 Å². The average molecular weight is 422 g/mol. The zero-order chi connectivity index (χ0) is 21.3. The Hall–Kier alpha value is -3.16. The molecule has 0 saturated carbocycles. The molecule has 0 aliphatic carbocycles. The molecule has 0 fully saturated rings. The van der Waals surface area contributed by atoms with Crippen LogP contribution in [0.5, 0.6) is 5.75 Å². The maximum Gasteiger partial charge on any atom is 0.255 e. The van der Waals surface area contributed by atoms with Gasteiger partial charge in [-0.25, -0.2) is 0 Å². The third-order valence-electron chi connectivity index (χ3n) is 4.34. The molecule has 3 rings (SSSR count). The fourth-order valence-corrected chi connectivity index (χ4v) is 3.37. The molecule has 0 spiro atoms. The first-order valence-electron chi connectivity index (χ1n) is 9.54. The van der Waals surface area contributed by atoms with E-state index in [1.165, 1.54) is 11.8 Å². The number of hydrogen-bond acceptors (Lipinski definition) is 6. The van der Waals surface area contributed by atoms with Gasteiger partial charge in [0, 0.05) is 30.2 Å². The molecule has 0 aliphatic heterocycles. The van der Waals surface area contributed by atoms with Crippen LogP contribution in [0.15, 0.2) is 67.0 Å². The maximum atomic E-state index is 12.7. The number of pyridine rings is 1. The van der Waals surface area contributed by atoms with Crippen LogP contribution in [0.2, 0.25) is 0 Å². The van der Waals surface area contributed by atoms with Crippen LogP contribution in [0.3, 0.4) is 0 Å². The summed E-state index contributed by atoms with van der Waals surface area (Å²) in [5, 5.41) is 2.84. The topological polar surface area (TPSA) is 94.3 Å². The Labute approximate surface area is 179 Å². The molecule has 0 bridgehead atoms. The summed E-state index contributed by atoms with van der Waals surface area (Å²) in [6.07, 6.45) is 3.24. The monoisotopic (exact) mass is 421 g/mol. The average Bonchev–Trinajstić information content (AvgIpc) is 2.78. The molecule has 1 heterocycles. The lowest BCUT2D eigenvalue weighted by atomic mass is 9.96. The highest BCUT2D eigenvalue weighted by Gasteiger charge is 2.12. The van der Waals surface area contributed by atoms with Gasteiger partial charge in [0.15, 0.2) is 6.61 Å². The van der Waals surface area contributed by atoms with E-state index in [1.54, 1.807) is 36.7 Å². The van der Waals surface area contributed by atoms with Crippen molar-refractivity contribution >= 4 is 28.5 Å². The lowest BCUT2D eigenvalue weighted by Gasteiger charge is -2.13. The number of ether oxygens (including phenoxy) is 1. The SMILES string of the molecule is CCSC(=O)COc1cccc(-c2cc(C(=O)Nc3ccncc3)ccc2CN)c1. The van der Waals surface area contributed by atoms with E-state index in [9.17, 15) is 9.59 Å². The van der Waals surface area contributed by atoms with Crippen LogP contribution in [0.1, 0.15) is 22.8 Å². The van der Waals surface area contributed by atoms with Crippen molar-refractivity contribution in [3.63, 3.8) is 0 Å². The normalized spacial score (nSPS) is 10.5. The summed E-state index contributed by atoms with van der Waals surface area (Å²) in [5.41, 5.74) is 9.72. The molecule has 0 radical (unpaired) electrons. The molecule has 1 amide bonds. The van der Waals surface area contributed by atoms with Gasteiger partial charge in [-0.1, -0.05) is 36.9 Å². The van der Waals surface area contributed by atoms with Crippen molar-refractivity contribution in [2.24, 2.45) is 5.73 Å². The van der Waals surface area contributed by atoms with E-state index in [1.807, 2.05) is 37.3 Å². The third kappa shape index (κ3) is 5.68. The van der Waals surface area contributed by atoms with E-state index >= 15 is 0 Å². The van der Waals surface area contributed by atoms with Crippen LogP contribution in [-0.4, -0.2) is 28.4 Å². The van der Waals surface area contributed by atoms with Crippen LogP contribution in [0.4, 0.5) is 5.69 Å². The van der Waals surface area contributed by atoms with E-state index in [4.69, 9.17) is 10.5 Å². The minimum absolute atomic E-state index is 0.0136. The molecule has 1 aromatic heterocycles. The number of aromatic nitrogens is 1. The van der Waals surface area contributed by atoms with Crippen molar-refractivity contribution in [1.29, 1.82) is 0 Å². The summed E-state index contributed by atoms with van der Waals surface area (Å²) in [6, 6.07) is 16.3. The lowest BCUT2D eigenvalue weighted by molar-refractivity contribution is -0.112. The predicted octanol–water partition coefficient (Wildman–Crippen LogP) is 4.12. The minimum atomic E-state index is -0.222. The smallest absolute Gasteiger partial charge is 0.255 e. The summed E-state index contributed by atoms with van der Waals surface area (Å²) in [5.74, 6) is 1.09. The quantitative estimate of drug-likeness (QED) is 0.568. The second-order valence-electron chi connectivity index (χ2n) is 6.39. The fraction of sp³-hybridized carbons (Fsp3) is 0.174. The third-order valence-corrected chi connectivity index (χ3v) is 5.07. The summed E-state index contributed by atoms with van der Waals surface area (Å²) in [6.45, 7) is 2.27. The predicted molar refractivity (Wildman–Crippen MR) is 121 cm³/mol. The molecule has 154 valence electrons. The van der Waals surface area contributed by atoms with Crippen molar-refractivity contribution in [2.75, 3.05) is 17.7 Å². The number of anilines is 1. The van der Waals surface area contributed by atoms with Gasteiger partial charge in [-0.3, -0.25) is 14.6 Å². The molecule has 0 saturated heterocycles. The highest BCUT2D eigenvalue weighted by molar-refractivity contribution is 8.13. The van der Waals surface area contributed by atoms with Crippen molar-refractivity contribution < 1.29 is 14.3 Å². The van der Waals surface area contributed by atoms with Gasteiger partial charge >= 0.3 is 0 Å². The van der Waals surface area contributed by atoms with Gasteiger partial charge in [-0.05, 0) is 58.8 Å². The second-order valence-corrected chi connectivity index (χ2v) is 7.71. The highest BCUT2D eigenvalue weighted by atomic mass is 32.2. The first-order valence-corrected chi connectivity index (χ1v) is 10.5. The number of amides is 1. The minimum Gasteiger partial charge on any atom is -0.485 e. The van der Waals surface area contributed by atoms with Gasteiger partial charge in [0.1, 0.15) is 5.75 Å². The van der Waals surface area contributed by atoms with E-state index < -0.39 is 0 Å². The molecule has 0 unspecified atom stereocenters. The number of rotatable bonds is 8. The molecule has 2 aromatic carbocycles. The number of carbonyl (C=O) groups is 2. The van der Waals surface area contributed by atoms with E-state index in [0.717, 1.165) is 22.4 Å². The van der Waals surface area contributed by atoms with Crippen LogP contribution in [0, 0.1) is 0 Å². The van der Waals surface area contributed by atoms with Crippen molar-refractivity contribution in [1.82, 2.24) is 4.98 Å². The first-order chi connectivity index (χ1) is 14.6. The zero-order valence-corrected chi connectivity index (χ0v) is 17.4. The van der Waals surface area contributed by atoms with Crippen LogP contribution in [-0.2, 0) is 11.3 Å². The first kappa shape index (κ1) is 21.5. The standard InChI is InChI=1S/C23H23N3O3S/c1-2-30-22(27)15-29-20-5-3-4-16(12-20)21-13-17(6-7-18(21)14-24)23(28)26-19-8-10-25-11-9-19/h3-13H,2,14-15,24H2,1H3,(H,25,26,28). The summed E-state index contributed by atoms with van der Waals surface area (Å²) < 4.78 is 5.63. The molecule has 3 N–H and O–H groups in total. The molecule has 0 atom stereocenters. The summed E-state index contributed by atoms with van der Waals surface area (Å²) >= 11 is 1.23. The number of nitrogens with one attached hydrogen (secondary N) is 1. The fourth-order valence-electron chi connectivity index (χ4n) is 2.90. The largest absolute Gasteiger partial charge is 0.485 e. The maximum absolute atomic E-state index is 12.7. The summed E-state index contributed by atoms with van der Waals surface area (Å²) in [7, 11) is 0. The number of nitrogens with two attached hydrogens (primary N) is 1. The Balaban J connectivity index is 1.84. The number of thioether (sulfide) groups is 1. The molecule has 3 aromatic rings. The molecule has 30 heavy (non-hydrogen) atoms. The molecular formula is C23H23N3O3S. The Morgan fingerprint density at radius 3 is 2.63 bits per heavy atom. The Morgan fingerprint density at radius 2 is 1.90 bits per heavy atom. The van der Waals surface area contributed by atoms with E-state index in [2.05, 4.69) is 10.3 Å². The van der Waals surface area contributed by atoms with Gasteiger partial charge in [0.25, 0.3) is 5.91 Å². The van der Waals surface area contributed by atoms with Gasteiger partial charge in [0.2, 0.25) is 5.12 Å². The Bertz CT molecular complexity index is 1030. The molecule has 7 heteroatoms. The molecule has 6 nitrogen and oxygen atoms in total. The molecular weight excluding hydrogens is 398 g/mol. The molecule has 0 aliphatic rings. The van der Waals surface area contributed by atoms with Gasteiger partial charge < -0.3 is 15.8 Å². The number of hydrogen-bond donors (Lipinski definition) is 2. The van der Waals surface area contributed by atoms with Gasteiger partial charge in [-0.2, -0.15) is 0 Å². The second kappa shape index (κ2) is 10.6. The highest BCUT2D eigenvalue weighted by Crippen LogP contribution is 2.28. The van der Waals surface area contributed by atoms with Crippen molar-refractivity contribution in [3.05, 3.63) is 78.1 Å². The van der Waals surface area contributed by atoms with E-state index in [-0.39, 0.29) is 17.6 Å². The van der Waals surface area contributed by atoms with Gasteiger partial charge in [-0.15, -0.1) is 0 Å². The number of carbonyl (C=O) groups excluding carboxylic acids is 2. The lowest BCUT2D eigenvalue weighted by Crippen LogP contribution is -2.12. The Kier molecular flexibility index (Phi) is 7.59. The van der Waals surface area contributed by atoms with Crippen LogP contribution < -0.4 is 15.8 Å². The van der Waals surface area contributed by atoms with Crippen LogP contribution >= 0.6 is 11.8 Å². The van der Waals surface area contributed by atoms with Gasteiger partial charge in [0.05, 0.1) is 0 Å². The number of nitrogens with zero attached hydrogens (tertiary/aromatic N) is 1.